The van der Waals surface area contributed by atoms with Crippen LogP contribution in [0.5, 0.6) is 0 Å². The summed E-state index contributed by atoms with van der Waals surface area (Å²) in [6, 6.07) is 17.3. The van der Waals surface area contributed by atoms with Crippen LogP contribution in [0.3, 0.4) is 0 Å². The largest absolute Gasteiger partial charge is 0.367 e. The summed E-state index contributed by atoms with van der Waals surface area (Å²) in [6.07, 6.45) is 1.92. The number of aryl methyl sites for hydroxylation is 3. The van der Waals surface area contributed by atoms with E-state index >= 15 is 0 Å². The van der Waals surface area contributed by atoms with Crippen molar-refractivity contribution in [1.82, 2.24) is 35.2 Å². The zero-order valence-electron chi connectivity index (χ0n) is 20.3. The minimum absolute atomic E-state index is 0.633. The summed E-state index contributed by atoms with van der Waals surface area (Å²) in [6.45, 7) is 8.92. The van der Waals surface area contributed by atoms with Gasteiger partial charge in [0.25, 0.3) is 0 Å². The van der Waals surface area contributed by atoms with Gasteiger partial charge in [0.2, 0.25) is 5.82 Å². The maximum Gasteiger partial charge on any atom is 0.205 e. The van der Waals surface area contributed by atoms with Crippen LogP contribution < -0.4 is 4.90 Å². The number of anilines is 1. The number of H-pyrrole nitrogens is 1. The van der Waals surface area contributed by atoms with E-state index in [4.69, 9.17) is 9.97 Å². The maximum atomic E-state index is 4.90. The first-order valence-corrected chi connectivity index (χ1v) is 12.1. The predicted octanol–water partition coefficient (Wildman–Crippen LogP) is 4.40. The average molecular weight is 465 g/mol. The fourth-order valence-electron chi connectivity index (χ4n) is 5.21. The quantitative estimate of drug-likeness (QED) is 0.401. The Kier molecular flexibility index (Phi) is 5.28. The number of pyridine rings is 1. The fraction of sp³-hybridized carbons (Fsp3) is 0.296. The van der Waals surface area contributed by atoms with Crippen molar-refractivity contribution >= 4 is 16.9 Å². The molecular weight excluding hydrogens is 436 g/mol. The van der Waals surface area contributed by atoms with E-state index < -0.39 is 0 Å². The Bertz CT molecular complexity index is 1520. The molecule has 0 bridgehead atoms. The second-order valence-corrected chi connectivity index (χ2v) is 9.25. The van der Waals surface area contributed by atoms with E-state index in [9.17, 15) is 0 Å². The minimum Gasteiger partial charge on any atom is -0.367 e. The first-order chi connectivity index (χ1) is 17.1. The van der Waals surface area contributed by atoms with Crippen molar-refractivity contribution in [1.29, 1.82) is 0 Å². The maximum absolute atomic E-state index is 4.90. The van der Waals surface area contributed by atoms with Crippen LogP contribution in [0.4, 0.5) is 5.69 Å². The lowest BCUT2D eigenvalue weighted by Crippen LogP contribution is -2.20. The predicted molar refractivity (Wildman–Crippen MR) is 136 cm³/mol. The summed E-state index contributed by atoms with van der Waals surface area (Å²) in [5.74, 6) is 1.72. The molecule has 3 aromatic heterocycles. The molecule has 0 saturated heterocycles. The molecular formula is C27H28N8. The van der Waals surface area contributed by atoms with Crippen LogP contribution in [0.15, 0.2) is 48.5 Å². The zero-order valence-corrected chi connectivity index (χ0v) is 20.3. The van der Waals surface area contributed by atoms with Gasteiger partial charge >= 0.3 is 0 Å². The van der Waals surface area contributed by atoms with E-state index in [1.807, 2.05) is 6.07 Å². The summed E-state index contributed by atoms with van der Waals surface area (Å²) in [5, 5.41) is 14.6. The number of tetrazole rings is 1. The standard InChI is InChI=1S/C27H28N8/c1-4-24-29-25-17(2)13-18(3)28-27(25)35(24)15-19-9-10-23-20(14-19)11-12-34(23)16-21-7-5-6-8-22(21)26-30-32-33-31-26/h5-10,13-14H,4,11-12,15-16H2,1-3H3,(H,30,31,32,33). The van der Waals surface area contributed by atoms with Gasteiger partial charge in [-0.15, -0.1) is 10.2 Å². The summed E-state index contributed by atoms with van der Waals surface area (Å²) in [7, 11) is 0. The lowest BCUT2D eigenvalue weighted by Gasteiger charge is -2.21. The Morgan fingerprint density at radius 1 is 1.00 bits per heavy atom. The van der Waals surface area contributed by atoms with E-state index in [0.717, 1.165) is 60.7 Å². The molecule has 8 nitrogen and oxygen atoms in total. The highest BCUT2D eigenvalue weighted by Gasteiger charge is 2.22. The molecule has 2 aromatic carbocycles. The number of aromatic nitrogens is 7. The molecule has 6 rings (SSSR count). The molecule has 0 atom stereocenters. The Balaban J connectivity index is 1.29. The third kappa shape index (κ3) is 3.84. The van der Waals surface area contributed by atoms with Crippen LogP contribution >= 0.6 is 0 Å². The van der Waals surface area contributed by atoms with Gasteiger partial charge in [0.05, 0.1) is 6.54 Å². The lowest BCUT2D eigenvalue weighted by molar-refractivity contribution is 0.745. The molecule has 0 spiro atoms. The Hall–Kier alpha value is -4.07. The van der Waals surface area contributed by atoms with Crippen LogP contribution in [0.1, 0.15) is 40.7 Å². The molecule has 0 aliphatic carbocycles. The van der Waals surface area contributed by atoms with E-state index in [-0.39, 0.29) is 0 Å². The molecule has 5 aromatic rings. The van der Waals surface area contributed by atoms with Crippen molar-refractivity contribution in [3.05, 3.63) is 82.3 Å². The second kappa shape index (κ2) is 8.61. The van der Waals surface area contributed by atoms with Crippen molar-refractivity contribution in [2.45, 2.75) is 46.7 Å². The topological polar surface area (TPSA) is 88.4 Å². The number of nitrogens with zero attached hydrogens (tertiary/aromatic N) is 7. The SMILES string of the molecule is CCc1nc2c(C)cc(C)nc2n1Cc1ccc2c(c1)CCN2Cc1ccccc1-c1nn[nH]n1. The number of fused-ring (bicyclic) bond motifs is 2. The van der Waals surface area contributed by atoms with Crippen molar-refractivity contribution in [2.75, 3.05) is 11.4 Å². The molecule has 0 fully saturated rings. The van der Waals surface area contributed by atoms with Crippen LogP contribution in [0.2, 0.25) is 0 Å². The van der Waals surface area contributed by atoms with Gasteiger partial charge in [0.15, 0.2) is 5.65 Å². The fourth-order valence-corrected chi connectivity index (χ4v) is 5.21. The Morgan fingerprint density at radius 3 is 2.71 bits per heavy atom. The average Bonchev–Trinajstić information content (AvgIpc) is 3.60. The second-order valence-electron chi connectivity index (χ2n) is 9.25. The van der Waals surface area contributed by atoms with Crippen molar-refractivity contribution in [3.8, 4) is 11.4 Å². The molecule has 0 saturated carbocycles. The summed E-state index contributed by atoms with van der Waals surface area (Å²) < 4.78 is 2.28. The molecule has 35 heavy (non-hydrogen) atoms. The van der Waals surface area contributed by atoms with Gasteiger partial charge in [-0.2, -0.15) is 5.21 Å². The number of aromatic amines is 1. The van der Waals surface area contributed by atoms with Gasteiger partial charge in [-0.25, -0.2) is 9.97 Å². The number of rotatable bonds is 6. The van der Waals surface area contributed by atoms with Gasteiger partial charge in [-0.05, 0) is 59.9 Å². The molecule has 1 aliphatic heterocycles. The first kappa shape index (κ1) is 21.5. The summed E-state index contributed by atoms with van der Waals surface area (Å²) >= 11 is 0. The van der Waals surface area contributed by atoms with E-state index in [1.54, 1.807) is 0 Å². The molecule has 0 unspecified atom stereocenters. The third-order valence-electron chi connectivity index (χ3n) is 6.86. The summed E-state index contributed by atoms with van der Waals surface area (Å²) in [4.78, 5) is 12.2. The van der Waals surface area contributed by atoms with Gasteiger partial charge < -0.3 is 9.47 Å². The van der Waals surface area contributed by atoms with Gasteiger partial charge in [-0.3, -0.25) is 0 Å². The number of imidazole rings is 1. The highest BCUT2D eigenvalue weighted by Crippen LogP contribution is 2.32. The molecule has 1 aliphatic rings. The van der Waals surface area contributed by atoms with Crippen molar-refractivity contribution in [3.63, 3.8) is 0 Å². The number of benzene rings is 2. The van der Waals surface area contributed by atoms with Gasteiger partial charge in [0.1, 0.15) is 11.3 Å². The third-order valence-corrected chi connectivity index (χ3v) is 6.86. The van der Waals surface area contributed by atoms with Crippen LogP contribution in [0, 0.1) is 13.8 Å². The summed E-state index contributed by atoms with van der Waals surface area (Å²) in [5.41, 5.74) is 10.4. The van der Waals surface area contributed by atoms with Crippen LogP contribution in [-0.2, 0) is 25.9 Å². The molecule has 176 valence electrons. The van der Waals surface area contributed by atoms with Crippen molar-refractivity contribution < 1.29 is 0 Å². The number of nitrogens with one attached hydrogen (secondary N) is 1. The van der Waals surface area contributed by atoms with Crippen molar-refractivity contribution in [2.24, 2.45) is 0 Å². The normalized spacial score (nSPS) is 13.1. The lowest BCUT2D eigenvalue weighted by atomic mass is 10.1. The monoisotopic (exact) mass is 464 g/mol. The highest BCUT2D eigenvalue weighted by molar-refractivity contribution is 5.76. The zero-order chi connectivity index (χ0) is 23.9. The highest BCUT2D eigenvalue weighted by atomic mass is 15.5. The Morgan fingerprint density at radius 2 is 1.89 bits per heavy atom. The first-order valence-electron chi connectivity index (χ1n) is 12.1. The minimum atomic E-state index is 0.633. The molecule has 1 N–H and O–H groups in total. The molecule has 8 heteroatoms. The van der Waals surface area contributed by atoms with Gasteiger partial charge in [-0.1, -0.05) is 43.3 Å². The van der Waals surface area contributed by atoms with E-state index in [0.29, 0.717) is 5.82 Å². The molecule has 4 heterocycles. The van der Waals surface area contributed by atoms with Crippen LogP contribution in [0.25, 0.3) is 22.6 Å². The number of hydrogen-bond acceptors (Lipinski definition) is 6. The smallest absolute Gasteiger partial charge is 0.205 e. The molecule has 0 amide bonds. The molecule has 0 radical (unpaired) electrons. The van der Waals surface area contributed by atoms with E-state index in [2.05, 4.69) is 93.3 Å². The number of hydrogen-bond donors (Lipinski definition) is 1. The van der Waals surface area contributed by atoms with Crippen LogP contribution in [-0.4, -0.2) is 41.7 Å². The Labute approximate surface area is 204 Å². The van der Waals surface area contributed by atoms with Gasteiger partial charge in [0, 0.05) is 36.5 Å². The van der Waals surface area contributed by atoms with E-state index in [1.165, 1.54) is 27.9 Å².